The third kappa shape index (κ3) is 2.45. The molecular formula is C13H21NO3. The molecular weight excluding hydrogens is 218 g/mol. The van der Waals surface area contributed by atoms with E-state index in [9.17, 15) is 9.59 Å². The number of carboxylic acid groups (broad SMARTS) is 1. The first-order chi connectivity index (χ1) is 8.11. The first-order valence-electron chi connectivity index (χ1n) is 6.64. The summed E-state index contributed by atoms with van der Waals surface area (Å²) in [5, 5.41) is 9.06. The number of hydrogen-bond donors (Lipinski definition) is 1. The molecule has 1 saturated carbocycles. The van der Waals surface area contributed by atoms with Gasteiger partial charge in [-0.25, -0.2) is 0 Å². The molecule has 2 rings (SSSR count). The number of nitrogens with zero attached hydrogens (tertiary/aromatic N) is 1. The van der Waals surface area contributed by atoms with Crippen LogP contribution in [0.4, 0.5) is 0 Å². The molecule has 2 atom stereocenters. The van der Waals surface area contributed by atoms with Crippen molar-refractivity contribution < 1.29 is 14.7 Å². The van der Waals surface area contributed by atoms with Gasteiger partial charge >= 0.3 is 5.97 Å². The van der Waals surface area contributed by atoms with Crippen molar-refractivity contribution in [1.82, 2.24) is 4.90 Å². The molecule has 0 spiro atoms. The maximum atomic E-state index is 12.3. The van der Waals surface area contributed by atoms with Crippen LogP contribution < -0.4 is 0 Å². The van der Waals surface area contributed by atoms with Gasteiger partial charge in [0.05, 0.1) is 5.92 Å². The van der Waals surface area contributed by atoms with Crippen LogP contribution in [0, 0.1) is 11.8 Å². The molecule has 1 saturated heterocycles. The minimum absolute atomic E-state index is 0.137. The van der Waals surface area contributed by atoms with Crippen LogP contribution in [0.15, 0.2) is 0 Å². The number of carbonyl (C=O) groups excluding carboxylic acids is 1. The Bertz CT molecular complexity index is 310. The topological polar surface area (TPSA) is 57.6 Å². The highest BCUT2D eigenvalue weighted by molar-refractivity contribution is 5.81. The van der Waals surface area contributed by atoms with Crippen LogP contribution in [-0.4, -0.2) is 34.5 Å². The zero-order chi connectivity index (χ0) is 12.4. The molecule has 0 aromatic rings. The molecule has 2 unspecified atom stereocenters. The zero-order valence-electron chi connectivity index (χ0n) is 10.4. The SMILES string of the molecule is CC1C(C(=O)O)CCN1C(=O)C1CCCCC1. The largest absolute Gasteiger partial charge is 0.481 e. The Morgan fingerprint density at radius 2 is 1.76 bits per heavy atom. The van der Waals surface area contributed by atoms with E-state index < -0.39 is 5.97 Å². The van der Waals surface area contributed by atoms with Crippen molar-refractivity contribution in [3.63, 3.8) is 0 Å². The van der Waals surface area contributed by atoms with Crippen LogP contribution in [0.3, 0.4) is 0 Å². The van der Waals surface area contributed by atoms with Gasteiger partial charge in [0, 0.05) is 18.5 Å². The lowest BCUT2D eigenvalue weighted by molar-refractivity contribution is -0.143. The van der Waals surface area contributed by atoms with Gasteiger partial charge < -0.3 is 10.0 Å². The van der Waals surface area contributed by atoms with Gasteiger partial charge in [-0.15, -0.1) is 0 Å². The molecule has 2 aliphatic rings. The molecule has 1 aliphatic carbocycles. The van der Waals surface area contributed by atoms with Gasteiger partial charge in [-0.1, -0.05) is 19.3 Å². The Morgan fingerprint density at radius 3 is 2.29 bits per heavy atom. The van der Waals surface area contributed by atoms with Gasteiger partial charge in [-0.2, -0.15) is 0 Å². The van der Waals surface area contributed by atoms with Gasteiger partial charge in [-0.3, -0.25) is 9.59 Å². The average molecular weight is 239 g/mol. The van der Waals surface area contributed by atoms with E-state index in [4.69, 9.17) is 5.11 Å². The minimum atomic E-state index is -0.767. The summed E-state index contributed by atoms with van der Waals surface area (Å²) in [6, 6.07) is -0.137. The summed E-state index contributed by atoms with van der Waals surface area (Å²) in [6.07, 6.45) is 6.09. The fourth-order valence-corrected chi connectivity index (χ4v) is 3.16. The van der Waals surface area contributed by atoms with E-state index in [0.717, 1.165) is 25.7 Å². The lowest BCUT2D eigenvalue weighted by Gasteiger charge is -2.29. The second kappa shape index (κ2) is 5.07. The van der Waals surface area contributed by atoms with Crippen LogP contribution in [0.25, 0.3) is 0 Å². The van der Waals surface area contributed by atoms with Crippen molar-refractivity contribution in [1.29, 1.82) is 0 Å². The van der Waals surface area contributed by atoms with Crippen LogP contribution in [0.5, 0.6) is 0 Å². The van der Waals surface area contributed by atoms with Crippen molar-refractivity contribution in [3.8, 4) is 0 Å². The van der Waals surface area contributed by atoms with Crippen LogP contribution in [0.1, 0.15) is 45.4 Å². The van der Waals surface area contributed by atoms with Crippen molar-refractivity contribution >= 4 is 11.9 Å². The highest BCUT2D eigenvalue weighted by Crippen LogP contribution is 2.30. The summed E-state index contributed by atoms with van der Waals surface area (Å²) in [4.78, 5) is 25.1. The second-order valence-corrected chi connectivity index (χ2v) is 5.34. The first kappa shape index (κ1) is 12.4. The Hall–Kier alpha value is -1.06. The third-order valence-electron chi connectivity index (χ3n) is 4.31. The minimum Gasteiger partial charge on any atom is -0.481 e. The molecule has 0 radical (unpaired) electrons. The van der Waals surface area contributed by atoms with Crippen molar-refractivity contribution in [2.24, 2.45) is 11.8 Å². The number of likely N-dealkylation sites (tertiary alicyclic amines) is 1. The molecule has 1 N–H and O–H groups in total. The summed E-state index contributed by atoms with van der Waals surface area (Å²) in [6.45, 7) is 2.49. The number of aliphatic carboxylic acids is 1. The molecule has 0 aromatic carbocycles. The maximum Gasteiger partial charge on any atom is 0.308 e. The molecule has 1 heterocycles. The molecule has 0 aromatic heterocycles. The monoisotopic (exact) mass is 239 g/mol. The van der Waals surface area contributed by atoms with Gasteiger partial charge in [0.25, 0.3) is 0 Å². The smallest absolute Gasteiger partial charge is 0.308 e. The fraction of sp³-hybridized carbons (Fsp3) is 0.846. The summed E-state index contributed by atoms with van der Waals surface area (Å²) in [7, 11) is 0. The Labute approximate surface area is 102 Å². The van der Waals surface area contributed by atoms with Gasteiger partial charge in [0.1, 0.15) is 0 Å². The van der Waals surface area contributed by atoms with E-state index in [1.165, 1.54) is 6.42 Å². The van der Waals surface area contributed by atoms with E-state index in [1.807, 2.05) is 6.92 Å². The third-order valence-corrected chi connectivity index (χ3v) is 4.31. The van der Waals surface area contributed by atoms with E-state index >= 15 is 0 Å². The molecule has 1 aliphatic heterocycles. The molecule has 96 valence electrons. The van der Waals surface area contributed by atoms with E-state index in [1.54, 1.807) is 4.90 Å². The second-order valence-electron chi connectivity index (χ2n) is 5.34. The lowest BCUT2D eigenvalue weighted by Crippen LogP contribution is -2.41. The van der Waals surface area contributed by atoms with Gasteiger partial charge in [0.2, 0.25) is 5.91 Å². The molecule has 17 heavy (non-hydrogen) atoms. The predicted octanol–water partition coefficient (Wildman–Crippen LogP) is 1.89. The average Bonchev–Trinajstić information content (AvgIpc) is 2.71. The van der Waals surface area contributed by atoms with Crippen molar-refractivity contribution in [2.75, 3.05) is 6.54 Å². The highest BCUT2D eigenvalue weighted by Gasteiger charge is 2.40. The quantitative estimate of drug-likeness (QED) is 0.800. The Kier molecular flexibility index (Phi) is 3.69. The normalized spacial score (nSPS) is 30.5. The van der Waals surface area contributed by atoms with E-state index in [0.29, 0.717) is 13.0 Å². The first-order valence-corrected chi connectivity index (χ1v) is 6.64. The standard InChI is InChI=1S/C13H21NO3/c1-9-11(13(16)17)7-8-14(9)12(15)10-5-3-2-4-6-10/h9-11H,2-8H2,1H3,(H,16,17). The predicted molar refractivity (Wildman–Crippen MR) is 63.5 cm³/mol. The number of carboxylic acids is 1. The number of amides is 1. The molecule has 1 amide bonds. The summed E-state index contributed by atoms with van der Waals surface area (Å²) >= 11 is 0. The molecule has 0 bridgehead atoms. The number of hydrogen-bond acceptors (Lipinski definition) is 2. The van der Waals surface area contributed by atoms with Gasteiger partial charge in [0.15, 0.2) is 0 Å². The summed E-state index contributed by atoms with van der Waals surface area (Å²) in [5.74, 6) is -0.793. The molecule has 4 nitrogen and oxygen atoms in total. The Balaban J connectivity index is 1.98. The number of carbonyl (C=O) groups is 2. The summed E-state index contributed by atoms with van der Waals surface area (Å²) < 4.78 is 0. The van der Waals surface area contributed by atoms with E-state index in [-0.39, 0.29) is 23.8 Å². The highest BCUT2D eigenvalue weighted by atomic mass is 16.4. The fourth-order valence-electron chi connectivity index (χ4n) is 3.16. The summed E-state index contributed by atoms with van der Waals surface area (Å²) in [5.41, 5.74) is 0. The van der Waals surface area contributed by atoms with Crippen LogP contribution >= 0.6 is 0 Å². The van der Waals surface area contributed by atoms with Crippen LogP contribution in [-0.2, 0) is 9.59 Å². The Morgan fingerprint density at radius 1 is 1.12 bits per heavy atom. The maximum absolute atomic E-state index is 12.3. The van der Waals surface area contributed by atoms with Gasteiger partial charge in [-0.05, 0) is 26.2 Å². The molecule has 4 heteroatoms. The molecule has 2 fully saturated rings. The van der Waals surface area contributed by atoms with Crippen molar-refractivity contribution in [2.45, 2.75) is 51.5 Å². The lowest BCUT2D eigenvalue weighted by atomic mass is 9.88. The zero-order valence-corrected chi connectivity index (χ0v) is 10.4. The number of rotatable bonds is 2. The van der Waals surface area contributed by atoms with Crippen molar-refractivity contribution in [3.05, 3.63) is 0 Å². The van der Waals surface area contributed by atoms with E-state index in [2.05, 4.69) is 0 Å². The van der Waals surface area contributed by atoms with Crippen LogP contribution in [0.2, 0.25) is 0 Å².